The first kappa shape index (κ1) is 13.4. The van der Waals surface area contributed by atoms with Gasteiger partial charge in [-0.2, -0.15) is 0 Å². The van der Waals surface area contributed by atoms with E-state index in [2.05, 4.69) is 21.8 Å². The van der Waals surface area contributed by atoms with Crippen LogP contribution in [0.25, 0.3) is 0 Å². The molecule has 6 heteroatoms. The maximum atomic E-state index is 5.82. The monoisotopic (exact) mass is 271 g/mol. The van der Waals surface area contributed by atoms with Gasteiger partial charge < -0.3 is 14.4 Å². The lowest BCUT2D eigenvalue weighted by Gasteiger charge is -2.32. The Labute approximate surface area is 112 Å². The van der Waals surface area contributed by atoms with E-state index in [1.165, 1.54) is 6.33 Å². The molecule has 0 aromatic carbocycles. The molecule has 1 unspecified atom stereocenters. The number of anilines is 1. The molecule has 2 heterocycles. The fourth-order valence-electron chi connectivity index (χ4n) is 1.81. The molecular weight excluding hydrogens is 254 g/mol. The van der Waals surface area contributed by atoms with Crippen LogP contribution in [0.4, 0.5) is 5.82 Å². The second-order valence-corrected chi connectivity index (χ2v) is 4.46. The number of hydrogen-bond donors (Lipinski definition) is 0. The topological polar surface area (TPSA) is 47.5 Å². The van der Waals surface area contributed by atoms with Gasteiger partial charge in [-0.15, -0.1) is 11.6 Å². The summed E-state index contributed by atoms with van der Waals surface area (Å²) in [5, 5.41) is 0. The zero-order chi connectivity index (χ0) is 12.8. The van der Waals surface area contributed by atoms with Crippen molar-refractivity contribution in [3.63, 3.8) is 0 Å². The molecule has 0 radical (unpaired) electrons. The Morgan fingerprint density at radius 3 is 3.22 bits per heavy atom. The molecule has 1 aromatic heterocycles. The molecule has 0 aliphatic carbocycles. The number of ether oxygens (including phenoxy) is 2. The first-order chi connectivity index (χ1) is 8.83. The average molecular weight is 272 g/mol. The molecule has 0 N–H and O–H groups in total. The first-order valence-corrected chi connectivity index (χ1v) is 6.74. The van der Waals surface area contributed by atoms with Crippen LogP contribution in [0.5, 0.6) is 5.88 Å². The minimum absolute atomic E-state index is 0.0652. The van der Waals surface area contributed by atoms with Gasteiger partial charge in [-0.3, -0.25) is 0 Å². The Morgan fingerprint density at radius 2 is 2.44 bits per heavy atom. The third-order valence-corrected chi connectivity index (χ3v) is 3.06. The summed E-state index contributed by atoms with van der Waals surface area (Å²) in [5.74, 6) is 1.99. The summed E-state index contributed by atoms with van der Waals surface area (Å²) >= 11 is 5.82. The average Bonchev–Trinajstić information content (AvgIpc) is 2.45. The standard InChI is InChI=1S/C12H18ClN3O2/c1-2-4-18-12-6-11(14-9-15-12)16-3-5-17-10(7-13)8-16/h6,9-10H,2-5,7-8H2,1H3. The SMILES string of the molecule is CCCOc1cc(N2CCOC(CCl)C2)ncn1. The lowest BCUT2D eigenvalue weighted by atomic mass is 10.3. The Morgan fingerprint density at radius 1 is 1.56 bits per heavy atom. The summed E-state index contributed by atoms with van der Waals surface area (Å²) in [7, 11) is 0. The molecule has 1 aliphatic rings. The van der Waals surface area contributed by atoms with Gasteiger partial charge in [0.1, 0.15) is 12.1 Å². The van der Waals surface area contributed by atoms with E-state index in [1.807, 2.05) is 6.07 Å². The van der Waals surface area contributed by atoms with E-state index in [0.29, 0.717) is 25.0 Å². The van der Waals surface area contributed by atoms with Gasteiger partial charge in [0.05, 0.1) is 25.2 Å². The van der Waals surface area contributed by atoms with E-state index in [9.17, 15) is 0 Å². The van der Waals surface area contributed by atoms with Crippen LogP contribution in [0.3, 0.4) is 0 Å². The maximum absolute atomic E-state index is 5.82. The highest BCUT2D eigenvalue weighted by atomic mass is 35.5. The molecule has 100 valence electrons. The van der Waals surface area contributed by atoms with Gasteiger partial charge in [-0.05, 0) is 6.42 Å². The third-order valence-electron chi connectivity index (χ3n) is 2.72. The fourth-order valence-corrected chi connectivity index (χ4v) is 2.00. The zero-order valence-corrected chi connectivity index (χ0v) is 11.3. The Balaban J connectivity index is 2.02. The molecule has 1 aromatic rings. The molecule has 1 fully saturated rings. The minimum Gasteiger partial charge on any atom is -0.478 e. The number of halogens is 1. The van der Waals surface area contributed by atoms with Crippen LogP contribution in [0, 0.1) is 0 Å². The van der Waals surface area contributed by atoms with Crippen LogP contribution in [-0.2, 0) is 4.74 Å². The van der Waals surface area contributed by atoms with Gasteiger partial charge >= 0.3 is 0 Å². The van der Waals surface area contributed by atoms with Crippen molar-refractivity contribution in [3.05, 3.63) is 12.4 Å². The fraction of sp³-hybridized carbons (Fsp3) is 0.667. The van der Waals surface area contributed by atoms with Gasteiger partial charge in [-0.1, -0.05) is 6.92 Å². The summed E-state index contributed by atoms with van der Waals surface area (Å²) in [6, 6.07) is 1.87. The number of morpholine rings is 1. The normalized spacial score (nSPS) is 19.9. The molecule has 5 nitrogen and oxygen atoms in total. The molecule has 0 spiro atoms. The lowest BCUT2D eigenvalue weighted by molar-refractivity contribution is 0.0551. The second-order valence-electron chi connectivity index (χ2n) is 4.16. The Hall–Kier alpha value is -1.07. The van der Waals surface area contributed by atoms with E-state index in [0.717, 1.165) is 25.3 Å². The van der Waals surface area contributed by atoms with Gasteiger partial charge in [0.2, 0.25) is 5.88 Å². The zero-order valence-electron chi connectivity index (χ0n) is 10.5. The van der Waals surface area contributed by atoms with E-state index < -0.39 is 0 Å². The van der Waals surface area contributed by atoms with E-state index in [1.54, 1.807) is 0 Å². The van der Waals surface area contributed by atoms with Crippen LogP contribution in [-0.4, -0.2) is 48.3 Å². The van der Waals surface area contributed by atoms with Crippen molar-refractivity contribution in [1.82, 2.24) is 9.97 Å². The van der Waals surface area contributed by atoms with Crippen LogP contribution in [0.2, 0.25) is 0 Å². The van der Waals surface area contributed by atoms with Crippen molar-refractivity contribution in [1.29, 1.82) is 0 Å². The van der Waals surface area contributed by atoms with E-state index in [4.69, 9.17) is 21.1 Å². The van der Waals surface area contributed by atoms with Crippen LogP contribution in [0.15, 0.2) is 12.4 Å². The molecular formula is C12H18ClN3O2. The van der Waals surface area contributed by atoms with Crippen molar-refractivity contribution in [2.24, 2.45) is 0 Å². The van der Waals surface area contributed by atoms with Crippen LogP contribution in [0.1, 0.15) is 13.3 Å². The maximum Gasteiger partial charge on any atom is 0.218 e. The highest BCUT2D eigenvalue weighted by Gasteiger charge is 2.21. The van der Waals surface area contributed by atoms with Gasteiger partial charge in [0.15, 0.2) is 0 Å². The predicted octanol–water partition coefficient (Wildman–Crippen LogP) is 1.71. The molecule has 1 saturated heterocycles. The molecule has 0 bridgehead atoms. The highest BCUT2D eigenvalue weighted by Crippen LogP contribution is 2.19. The molecule has 2 rings (SSSR count). The lowest BCUT2D eigenvalue weighted by Crippen LogP contribution is -2.43. The number of alkyl halides is 1. The molecule has 0 saturated carbocycles. The first-order valence-electron chi connectivity index (χ1n) is 6.21. The third kappa shape index (κ3) is 3.46. The summed E-state index contributed by atoms with van der Waals surface area (Å²) in [6.07, 6.45) is 2.56. The smallest absolute Gasteiger partial charge is 0.218 e. The second kappa shape index (κ2) is 6.75. The minimum atomic E-state index is 0.0652. The van der Waals surface area contributed by atoms with Crippen molar-refractivity contribution >= 4 is 17.4 Å². The molecule has 0 amide bonds. The molecule has 18 heavy (non-hydrogen) atoms. The van der Waals surface area contributed by atoms with Gasteiger partial charge in [0, 0.05) is 19.2 Å². The summed E-state index contributed by atoms with van der Waals surface area (Å²) in [5.41, 5.74) is 0. The van der Waals surface area contributed by atoms with Crippen molar-refractivity contribution in [2.75, 3.05) is 37.1 Å². The van der Waals surface area contributed by atoms with Gasteiger partial charge in [-0.25, -0.2) is 9.97 Å². The quantitative estimate of drug-likeness (QED) is 0.763. The number of nitrogens with zero attached hydrogens (tertiary/aromatic N) is 3. The van der Waals surface area contributed by atoms with Crippen molar-refractivity contribution < 1.29 is 9.47 Å². The molecule has 1 aliphatic heterocycles. The van der Waals surface area contributed by atoms with Crippen LogP contribution < -0.4 is 9.64 Å². The van der Waals surface area contributed by atoms with Crippen molar-refractivity contribution in [3.8, 4) is 5.88 Å². The van der Waals surface area contributed by atoms with E-state index >= 15 is 0 Å². The number of aromatic nitrogens is 2. The van der Waals surface area contributed by atoms with Crippen molar-refractivity contribution in [2.45, 2.75) is 19.4 Å². The Bertz CT molecular complexity index is 378. The van der Waals surface area contributed by atoms with Crippen LogP contribution >= 0.6 is 11.6 Å². The largest absolute Gasteiger partial charge is 0.478 e. The summed E-state index contributed by atoms with van der Waals surface area (Å²) in [4.78, 5) is 10.5. The molecule has 1 atom stereocenters. The summed E-state index contributed by atoms with van der Waals surface area (Å²) < 4.78 is 11.0. The number of hydrogen-bond acceptors (Lipinski definition) is 5. The predicted molar refractivity (Wildman–Crippen MR) is 70.5 cm³/mol. The highest BCUT2D eigenvalue weighted by molar-refractivity contribution is 6.18. The summed E-state index contributed by atoms with van der Waals surface area (Å²) in [6.45, 7) is 4.98. The van der Waals surface area contributed by atoms with E-state index in [-0.39, 0.29) is 6.10 Å². The Kier molecular flexibility index (Phi) is 5.01. The van der Waals surface area contributed by atoms with Gasteiger partial charge in [0.25, 0.3) is 0 Å². The number of rotatable bonds is 5.